The van der Waals surface area contributed by atoms with Gasteiger partial charge in [-0.15, -0.1) is 11.3 Å². The van der Waals surface area contributed by atoms with Crippen LogP contribution >= 0.6 is 11.3 Å². The second-order valence-electron chi connectivity index (χ2n) is 4.96. The molecule has 1 aliphatic heterocycles. The number of aliphatic hydroxyl groups excluding tert-OH is 1. The van der Waals surface area contributed by atoms with Crippen LogP contribution in [-0.2, 0) is 19.6 Å². The van der Waals surface area contributed by atoms with E-state index >= 15 is 0 Å². The van der Waals surface area contributed by atoms with Crippen LogP contribution in [0.4, 0.5) is 0 Å². The van der Waals surface area contributed by atoms with Gasteiger partial charge in [0.25, 0.3) is 0 Å². The van der Waals surface area contributed by atoms with E-state index in [0.717, 1.165) is 24.5 Å². The Morgan fingerprint density at radius 1 is 1.10 bits per heavy atom. The molecule has 0 amide bonds. The van der Waals surface area contributed by atoms with Crippen molar-refractivity contribution in [2.45, 2.75) is 26.1 Å². The molecular formula is C17H17NOS. The minimum Gasteiger partial charge on any atom is -0.395 e. The summed E-state index contributed by atoms with van der Waals surface area (Å²) in [5, 5.41) is 8.72. The molecule has 0 unspecified atom stereocenters. The van der Waals surface area contributed by atoms with Crippen molar-refractivity contribution in [3.63, 3.8) is 0 Å². The molecule has 0 atom stereocenters. The van der Waals surface area contributed by atoms with Gasteiger partial charge < -0.3 is 5.11 Å². The van der Waals surface area contributed by atoms with Gasteiger partial charge in [-0.25, -0.2) is 0 Å². The first-order chi connectivity index (χ1) is 9.85. The predicted octanol–water partition coefficient (Wildman–Crippen LogP) is 3.00. The third-order valence-electron chi connectivity index (χ3n) is 3.40. The second kappa shape index (κ2) is 6.23. The van der Waals surface area contributed by atoms with Crippen LogP contribution in [0.15, 0.2) is 36.4 Å². The van der Waals surface area contributed by atoms with Gasteiger partial charge in [0, 0.05) is 30.9 Å². The Bertz CT molecular complexity index is 625. The lowest BCUT2D eigenvalue weighted by atomic mass is 10.1. The number of hydrogen-bond donors (Lipinski definition) is 1. The SMILES string of the molecule is OCCC#Cc1ccc(CN2Cc3ccccc3C2)s1. The second-order valence-corrected chi connectivity index (χ2v) is 6.12. The molecule has 3 rings (SSSR count). The fourth-order valence-corrected chi connectivity index (χ4v) is 3.40. The van der Waals surface area contributed by atoms with E-state index in [1.165, 1.54) is 16.0 Å². The number of fused-ring (bicyclic) bond motifs is 1. The molecule has 0 radical (unpaired) electrons. The summed E-state index contributed by atoms with van der Waals surface area (Å²) in [5.74, 6) is 6.07. The molecule has 1 N–H and O–H groups in total. The third kappa shape index (κ3) is 3.10. The summed E-state index contributed by atoms with van der Waals surface area (Å²) in [5.41, 5.74) is 2.90. The first-order valence-electron chi connectivity index (χ1n) is 6.83. The highest BCUT2D eigenvalue weighted by atomic mass is 32.1. The van der Waals surface area contributed by atoms with Gasteiger partial charge in [0.2, 0.25) is 0 Å². The molecule has 1 aliphatic rings. The molecular weight excluding hydrogens is 266 g/mol. The highest BCUT2D eigenvalue weighted by Crippen LogP contribution is 2.26. The van der Waals surface area contributed by atoms with E-state index in [1.807, 2.05) is 0 Å². The molecule has 0 spiro atoms. The molecule has 0 saturated carbocycles. The quantitative estimate of drug-likeness (QED) is 0.875. The number of hydrogen-bond acceptors (Lipinski definition) is 3. The summed E-state index contributed by atoms with van der Waals surface area (Å²) in [4.78, 5) is 4.90. The summed E-state index contributed by atoms with van der Waals surface area (Å²) in [6.45, 7) is 3.21. The standard InChI is InChI=1S/C17H17NOS/c19-10-4-3-7-16-8-9-17(20-16)13-18-11-14-5-1-2-6-15(14)12-18/h1-2,5-6,8-9,19H,4,10-13H2. The molecule has 1 aromatic carbocycles. The molecule has 0 aliphatic carbocycles. The maximum absolute atomic E-state index is 8.72. The van der Waals surface area contributed by atoms with Crippen molar-refractivity contribution in [1.82, 2.24) is 4.90 Å². The fourth-order valence-electron chi connectivity index (χ4n) is 2.47. The zero-order valence-electron chi connectivity index (χ0n) is 11.3. The molecule has 2 heterocycles. The van der Waals surface area contributed by atoms with Gasteiger partial charge in [-0.1, -0.05) is 36.1 Å². The summed E-state index contributed by atoms with van der Waals surface area (Å²) in [7, 11) is 0. The fraction of sp³-hybridized carbons (Fsp3) is 0.294. The Kier molecular flexibility index (Phi) is 4.17. The van der Waals surface area contributed by atoms with E-state index in [-0.39, 0.29) is 6.61 Å². The minimum absolute atomic E-state index is 0.136. The Balaban J connectivity index is 1.62. The first-order valence-corrected chi connectivity index (χ1v) is 7.64. The highest BCUT2D eigenvalue weighted by molar-refractivity contribution is 7.12. The topological polar surface area (TPSA) is 23.5 Å². The average Bonchev–Trinajstić information content (AvgIpc) is 3.05. The number of benzene rings is 1. The maximum Gasteiger partial charge on any atom is 0.0771 e. The zero-order valence-corrected chi connectivity index (χ0v) is 12.1. The molecule has 1 aromatic heterocycles. The van der Waals surface area contributed by atoms with Crippen LogP contribution in [0, 0.1) is 11.8 Å². The molecule has 102 valence electrons. The highest BCUT2D eigenvalue weighted by Gasteiger charge is 2.18. The molecule has 20 heavy (non-hydrogen) atoms. The van der Waals surface area contributed by atoms with Crippen LogP contribution in [0.3, 0.4) is 0 Å². The van der Waals surface area contributed by atoms with E-state index < -0.39 is 0 Å². The van der Waals surface area contributed by atoms with E-state index in [9.17, 15) is 0 Å². The van der Waals surface area contributed by atoms with Crippen molar-refractivity contribution in [3.05, 3.63) is 57.3 Å². The summed E-state index contributed by atoms with van der Waals surface area (Å²) in [6.07, 6.45) is 0.550. The molecule has 2 aromatic rings. The summed E-state index contributed by atoms with van der Waals surface area (Å²) < 4.78 is 0. The van der Waals surface area contributed by atoms with Crippen molar-refractivity contribution < 1.29 is 5.11 Å². The van der Waals surface area contributed by atoms with E-state index in [4.69, 9.17) is 5.11 Å². The zero-order chi connectivity index (χ0) is 13.8. The Hall–Kier alpha value is -1.60. The Morgan fingerprint density at radius 2 is 1.85 bits per heavy atom. The van der Waals surface area contributed by atoms with Crippen LogP contribution < -0.4 is 0 Å². The van der Waals surface area contributed by atoms with Crippen molar-refractivity contribution in [3.8, 4) is 11.8 Å². The number of nitrogens with zero attached hydrogens (tertiary/aromatic N) is 1. The third-order valence-corrected chi connectivity index (χ3v) is 4.38. The average molecular weight is 283 g/mol. The van der Waals surface area contributed by atoms with Crippen LogP contribution in [-0.4, -0.2) is 16.6 Å². The van der Waals surface area contributed by atoms with Crippen molar-refractivity contribution in [2.75, 3.05) is 6.61 Å². The van der Waals surface area contributed by atoms with Crippen LogP contribution in [0.25, 0.3) is 0 Å². The molecule has 3 heteroatoms. The Labute approximate surface area is 123 Å². The van der Waals surface area contributed by atoms with Crippen molar-refractivity contribution >= 4 is 11.3 Å². The summed E-state index contributed by atoms with van der Waals surface area (Å²) in [6, 6.07) is 12.9. The molecule has 0 bridgehead atoms. The van der Waals surface area contributed by atoms with E-state index in [1.54, 1.807) is 11.3 Å². The van der Waals surface area contributed by atoms with Gasteiger partial charge in [0.1, 0.15) is 0 Å². The lowest BCUT2D eigenvalue weighted by molar-refractivity contribution is 0.278. The number of thiophene rings is 1. The smallest absolute Gasteiger partial charge is 0.0771 e. The monoisotopic (exact) mass is 283 g/mol. The van der Waals surface area contributed by atoms with Crippen LogP contribution in [0.2, 0.25) is 0 Å². The van der Waals surface area contributed by atoms with Crippen molar-refractivity contribution in [2.24, 2.45) is 0 Å². The number of aliphatic hydroxyl groups is 1. The number of rotatable bonds is 3. The van der Waals surface area contributed by atoms with Crippen LogP contribution in [0.5, 0.6) is 0 Å². The van der Waals surface area contributed by atoms with Gasteiger partial charge >= 0.3 is 0 Å². The van der Waals surface area contributed by atoms with Gasteiger partial charge in [0.05, 0.1) is 11.5 Å². The van der Waals surface area contributed by atoms with Gasteiger partial charge in [-0.05, 0) is 23.3 Å². The first kappa shape index (κ1) is 13.4. The lowest BCUT2D eigenvalue weighted by Crippen LogP contribution is -2.14. The normalized spacial score (nSPS) is 13.8. The van der Waals surface area contributed by atoms with Crippen LogP contribution in [0.1, 0.15) is 27.3 Å². The lowest BCUT2D eigenvalue weighted by Gasteiger charge is -2.12. The Morgan fingerprint density at radius 3 is 2.55 bits per heavy atom. The van der Waals surface area contributed by atoms with Gasteiger partial charge in [-0.3, -0.25) is 4.90 Å². The molecule has 2 nitrogen and oxygen atoms in total. The van der Waals surface area contributed by atoms with Gasteiger partial charge in [0.15, 0.2) is 0 Å². The molecule has 0 fully saturated rings. The van der Waals surface area contributed by atoms with Crippen molar-refractivity contribution in [1.29, 1.82) is 0 Å². The van der Waals surface area contributed by atoms with E-state index in [2.05, 4.69) is 53.1 Å². The summed E-state index contributed by atoms with van der Waals surface area (Å²) >= 11 is 1.75. The maximum atomic E-state index is 8.72. The van der Waals surface area contributed by atoms with Gasteiger partial charge in [-0.2, -0.15) is 0 Å². The molecule has 0 saturated heterocycles. The minimum atomic E-state index is 0.136. The largest absolute Gasteiger partial charge is 0.395 e. The predicted molar refractivity (Wildman–Crippen MR) is 82.3 cm³/mol. The van der Waals surface area contributed by atoms with E-state index in [0.29, 0.717) is 6.42 Å².